The Bertz CT molecular complexity index is 833. The summed E-state index contributed by atoms with van der Waals surface area (Å²) in [4.78, 5) is 15.2. The number of aryl methyl sites for hydroxylation is 1. The number of carboxylic acids is 1. The molecule has 0 atom stereocenters. The van der Waals surface area contributed by atoms with Crippen LogP contribution >= 0.6 is 0 Å². The molecule has 24 heavy (non-hydrogen) atoms. The summed E-state index contributed by atoms with van der Waals surface area (Å²) in [5, 5.41) is 9.08. The molecule has 0 aliphatic carbocycles. The lowest BCUT2D eigenvalue weighted by Crippen LogP contribution is -2.36. The van der Waals surface area contributed by atoms with E-state index in [9.17, 15) is 13.2 Å². The summed E-state index contributed by atoms with van der Waals surface area (Å²) in [5.41, 5.74) is 1.29. The van der Waals surface area contributed by atoms with E-state index in [4.69, 9.17) is 5.11 Å². The van der Waals surface area contributed by atoms with Crippen LogP contribution in [0.15, 0.2) is 47.6 Å². The molecule has 1 aromatic carbocycles. The number of aromatic nitrogens is 1. The second-order valence-electron chi connectivity index (χ2n) is 5.79. The van der Waals surface area contributed by atoms with Crippen LogP contribution in [0.2, 0.25) is 0 Å². The fourth-order valence-electron chi connectivity index (χ4n) is 2.39. The van der Waals surface area contributed by atoms with Gasteiger partial charge in [-0.15, -0.1) is 0 Å². The number of aromatic carboxylic acids is 1. The quantitative estimate of drug-likeness (QED) is 0.867. The third-order valence-electron chi connectivity index (χ3n) is 3.67. The van der Waals surface area contributed by atoms with Crippen LogP contribution in [0, 0.1) is 6.92 Å². The van der Waals surface area contributed by atoms with Crippen LogP contribution in [0.1, 0.15) is 35.3 Å². The predicted molar refractivity (Wildman–Crippen MR) is 90.2 cm³/mol. The van der Waals surface area contributed by atoms with Crippen molar-refractivity contribution in [3.63, 3.8) is 0 Å². The summed E-state index contributed by atoms with van der Waals surface area (Å²) in [6, 6.07) is 7.38. The molecule has 2 aromatic rings. The maximum Gasteiger partial charge on any atom is 0.335 e. The van der Waals surface area contributed by atoms with Crippen LogP contribution < -0.4 is 0 Å². The number of hydrogen-bond donors (Lipinski definition) is 1. The van der Waals surface area contributed by atoms with Gasteiger partial charge in [0, 0.05) is 25.0 Å². The number of benzene rings is 1. The van der Waals surface area contributed by atoms with E-state index >= 15 is 0 Å². The Balaban J connectivity index is 2.42. The molecule has 0 fully saturated rings. The van der Waals surface area contributed by atoms with E-state index < -0.39 is 16.0 Å². The zero-order chi connectivity index (χ0) is 17.9. The van der Waals surface area contributed by atoms with Crippen LogP contribution in [0.4, 0.5) is 0 Å². The van der Waals surface area contributed by atoms with Crippen molar-refractivity contribution in [1.82, 2.24) is 9.29 Å². The molecule has 1 heterocycles. The molecule has 0 bridgehead atoms. The largest absolute Gasteiger partial charge is 0.478 e. The van der Waals surface area contributed by atoms with Crippen molar-refractivity contribution in [2.75, 3.05) is 0 Å². The summed E-state index contributed by atoms with van der Waals surface area (Å²) >= 11 is 0. The SMILES string of the molecule is Cc1cc(S(=O)(=O)N(Cc2cccnc2)C(C)C)ccc1C(=O)O. The van der Waals surface area contributed by atoms with E-state index in [0.717, 1.165) is 5.56 Å². The van der Waals surface area contributed by atoms with Crippen molar-refractivity contribution in [3.05, 3.63) is 59.4 Å². The Kier molecular flexibility index (Phi) is 5.36. The van der Waals surface area contributed by atoms with Crippen molar-refractivity contribution in [3.8, 4) is 0 Å². The minimum absolute atomic E-state index is 0.0857. The van der Waals surface area contributed by atoms with Crippen molar-refractivity contribution in [1.29, 1.82) is 0 Å². The Labute approximate surface area is 141 Å². The molecule has 0 radical (unpaired) electrons. The molecule has 128 valence electrons. The third-order valence-corrected chi connectivity index (χ3v) is 5.69. The van der Waals surface area contributed by atoms with Gasteiger partial charge < -0.3 is 5.11 Å². The van der Waals surface area contributed by atoms with Crippen molar-refractivity contribution in [2.45, 2.75) is 38.3 Å². The highest BCUT2D eigenvalue weighted by Gasteiger charge is 2.28. The molecule has 6 nitrogen and oxygen atoms in total. The van der Waals surface area contributed by atoms with Gasteiger partial charge in [-0.05, 0) is 56.2 Å². The molecule has 7 heteroatoms. The Morgan fingerprint density at radius 3 is 2.50 bits per heavy atom. The van der Waals surface area contributed by atoms with E-state index in [0.29, 0.717) is 5.56 Å². The summed E-state index contributed by atoms with van der Waals surface area (Å²) in [7, 11) is -3.75. The molecule has 0 unspecified atom stereocenters. The molecule has 0 saturated heterocycles. The number of pyridine rings is 1. The molecular formula is C17H20N2O4S. The first-order chi connectivity index (χ1) is 11.2. The average molecular weight is 348 g/mol. The van der Waals surface area contributed by atoms with E-state index in [1.807, 2.05) is 6.07 Å². The third kappa shape index (κ3) is 3.80. The van der Waals surface area contributed by atoms with Gasteiger partial charge in [-0.1, -0.05) is 6.07 Å². The molecular weight excluding hydrogens is 328 g/mol. The number of carboxylic acid groups (broad SMARTS) is 1. The standard InChI is InChI=1S/C17H20N2O4S/c1-12(2)19(11-14-5-4-8-18-10-14)24(22,23)15-6-7-16(17(20)21)13(3)9-15/h4-10,12H,11H2,1-3H3,(H,20,21). The Morgan fingerprint density at radius 1 is 1.29 bits per heavy atom. The molecule has 0 aliphatic rings. The van der Waals surface area contributed by atoms with Crippen molar-refractivity contribution in [2.24, 2.45) is 0 Å². The minimum atomic E-state index is -3.75. The number of sulfonamides is 1. The highest BCUT2D eigenvalue weighted by atomic mass is 32.2. The normalized spacial score (nSPS) is 11.9. The van der Waals surface area contributed by atoms with Crippen molar-refractivity contribution < 1.29 is 18.3 Å². The lowest BCUT2D eigenvalue weighted by molar-refractivity contribution is 0.0696. The number of hydrogen-bond acceptors (Lipinski definition) is 4. The van der Waals surface area contributed by atoms with E-state index in [1.54, 1.807) is 39.2 Å². The monoisotopic (exact) mass is 348 g/mol. The summed E-state index contributed by atoms with van der Waals surface area (Å²) in [5.74, 6) is -1.08. The van der Waals surface area contributed by atoms with Gasteiger partial charge in [0.05, 0.1) is 10.5 Å². The molecule has 2 rings (SSSR count). The molecule has 1 aromatic heterocycles. The van der Waals surface area contributed by atoms with Gasteiger partial charge in [0.15, 0.2) is 0 Å². The Hall–Kier alpha value is -2.25. The molecule has 0 aliphatic heterocycles. The molecule has 1 N–H and O–H groups in total. The fraction of sp³-hybridized carbons (Fsp3) is 0.294. The summed E-state index contributed by atoms with van der Waals surface area (Å²) in [6.45, 7) is 5.38. The summed E-state index contributed by atoms with van der Waals surface area (Å²) < 4.78 is 27.3. The van der Waals surface area contributed by atoms with E-state index in [1.165, 1.54) is 22.5 Å². The fourth-order valence-corrected chi connectivity index (χ4v) is 4.10. The lowest BCUT2D eigenvalue weighted by atomic mass is 10.1. The summed E-state index contributed by atoms with van der Waals surface area (Å²) in [6.07, 6.45) is 3.26. The van der Waals surface area contributed by atoms with Crippen molar-refractivity contribution >= 4 is 16.0 Å². The van der Waals surface area contributed by atoms with Gasteiger partial charge in [-0.25, -0.2) is 13.2 Å². The number of rotatable bonds is 6. The van der Waals surface area contributed by atoms with Gasteiger partial charge in [0.25, 0.3) is 0 Å². The zero-order valence-corrected chi connectivity index (χ0v) is 14.6. The smallest absolute Gasteiger partial charge is 0.335 e. The topological polar surface area (TPSA) is 87.6 Å². The van der Waals surface area contributed by atoms with Gasteiger partial charge in [0.1, 0.15) is 0 Å². The van der Waals surface area contributed by atoms with Crippen LogP contribution in [-0.4, -0.2) is 34.8 Å². The maximum atomic E-state index is 13.0. The molecule has 0 saturated carbocycles. The first-order valence-electron chi connectivity index (χ1n) is 7.48. The number of nitrogens with zero attached hydrogens (tertiary/aromatic N) is 2. The Morgan fingerprint density at radius 2 is 2.00 bits per heavy atom. The predicted octanol–water partition coefficient (Wildman–Crippen LogP) is 2.69. The number of carbonyl (C=O) groups is 1. The van der Waals surface area contributed by atoms with Crippen LogP contribution in [0.3, 0.4) is 0 Å². The van der Waals surface area contributed by atoms with Crippen LogP contribution in [0.25, 0.3) is 0 Å². The average Bonchev–Trinajstić information content (AvgIpc) is 2.52. The van der Waals surface area contributed by atoms with E-state index in [2.05, 4.69) is 4.98 Å². The first-order valence-corrected chi connectivity index (χ1v) is 8.92. The van der Waals surface area contributed by atoms with Gasteiger partial charge in [-0.2, -0.15) is 4.31 Å². The second kappa shape index (κ2) is 7.11. The highest BCUT2D eigenvalue weighted by Crippen LogP contribution is 2.23. The minimum Gasteiger partial charge on any atom is -0.478 e. The molecule has 0 spiro atoms. The van der Waals surface area contributed by atoms with E-state index in [-0.39, 0.29) is 23.0 Å². The first kappa shape index (κ1) is 18.1. The zero-order valence-electron chi connectivity index (χ0n) is 13.8. The maximum absolute atomic E-state index is 13.0. The van der Waals surface area contributed by atoms with Gasteiger partial charge in [-0.3, -0.25) is 4.98 Å². The molecule has 0 amide bonds. The van der Waals surface area contributed by atoms with Gasteiger partial charge in [0.2, 0.25) is 10.0 Å². The lowest BCUT2D eigenvalue weighted by Gasteiger charge is -2.26. The van der Waals surface area contributed by atoms with Crippen LogP contribution in [0.5, 0.6) is 0 Å². The van der Waals surface area contributed by atoms with Gasteiger partial charge >= 0.3 is 5.97 Å². The highest BCUT2D eigenvalue weighted by molar-refractivity contribution is 7.89. The van der Waals surface area contributed by atoms with Crippen LogP contribution in [-0.2, 0) is 16.6 Å². The second-order valence-corrected chi connectivity index (χ2v) is 7.68.